The summed E-state index contributed by atoms with van der Waals surface area (Å²) in [5, 5.41) is 0. The minimum absolute atomic E-state index is 0.226. The molecule has 2 aliphatic carbocycles. The van der Waals surface area contributed by atoms with Crippen LogP contribution in [-0.4, -0.2) is 24.8 Å². The number of carbonyl (C=O) groups is 1. The summed E-state index contributed by atoms with van der Waals surface area (Å²) in [5.74, 6) is 0.586. The predicted octanol–water partition coefficient (Wildman–Crippen LogP) is 1.52. The Bertz CT molecular complexity index is 334. The van der Waals surface area contributed by atoms with Gasteiger partial charge in [-0.1, -0.05) is 18.2 Å². The van der Waals surface area contributed by atoms with Gasteiger partial charge in [-0.05, 0) is 6.42 Å². The Balaban J connectivity index is 2.26. The Hall–Kier alpha value is -1.31. The number of nitrogens with zero attached hydrogens (tertiary/aromatic N) is 1. The summed E-state index contributed by atoms with van der Waals surface area (Å²) < 4.78 is 0. The molecule has 0 amide bonds. The van der Waals surface area contributed by atoms with E-state index in [9.17, 15) is 4.79 Å². The third kappa shape index (κ3) is 1.32. The quantitative estimate of drug-likeness (QED) is 0.563. The molecule has 0 spiro atoms. The van der Waals surface area contributed by atoms with Crippen LogP contribution in [0, 0.1) is 5.92 Å². The van der Waals surface area contributed by atoms with Crippen LogP contribution in [0.25, 0.3) is 0 Å². The number of hydrogen-bond donors (Lipinski definition) is 0. The summed E-state index contributed by atoms with van der Waals surface area (Å²) in [6.45, 7) is 0. The van der Waals surface area contributed by atoms with Gasteiger partial charge in [0.2, 0.25) is 0 Å². The molecule has 2 heteroatoms. The van der Waals surface area contributed by atoms with Crippen molar-refractivity contribution in [1.82, 2.24) is 4.90 Å². The molecule has 1 atom stereocenters. The number of rotatable bonds is 1. The second-order valence-corrected chi connectivity index (χ2v) is 3.76. The topological polar surface area (TPSA) is 20.3 Å². The van der Waals surface area contributed by atoms with E-state index in [1.54, 1.807) is 0 Å². The largest absolute Gasteiger partial charge is 0.383 e. The highest BCUT2D eigenvalue weighted by Gasteiger charge is 2.32. The highest BCUT2D eigenvalue weighted by atomic mass is 16.1. The molecule has 1 fully saturated rings. The second-order valence-electron chi connectivity index (χ2n) is 3.76. The summed E-state index contributed by atoms with van der Waals surface area (Å²) in [5.41, 5.74) is 1.90. The van der Waals surface area contributed by atoms with Crippen LogP contribution in [0.3, 0.4) is 0 Å². The third-order valence-corrected chi connectivity index (χ3v) is 2.43. The highest BCUT2D eigenvalue weighted by Crippen LogP contribution is 2.36. The minimum atomic E-state index is 0.226. The first-order valence-corrected chi connectivity index (χ1v) is 4.48. The van der Waals surface area contributed by atoms with Gasteiger partial charge < -0.3 is 4.90 Å². The molecule has 0 bridgehead atoms. The van der Waals surface area contributed by atoms with Crippen molar-refractivity contribution in [3.63, 3.8) is 0 Å². The lowest BCUT2D eigenvalue weighted by atomic mass is 10.1. The Kier molecular flexibility index (Phi) is 1.83. The lowest BCUT2D eigenvalue weighted by molar-refractivity contribution is -0.111. The molecular formula is C11H13NO. The van der Waals surface area contributed by atoms with E-state index in [2.05, 4.69) is 6.08 Å². The summed E-state index contributed by atoms with van der Waals surface area (Å²) >= 11 is 0. The van der Waals surface area contributed by atoms with E-state index in [0.29, 0.717) is 5.92 Å². The van der Waals surface area contributed by atoms with Crippen molar-refractivity contribution >= 4 is 5.78 Å². The van der Waals surface area contributed by atoms with Crippen LogP contribution in [0.1, 0.15) is 6.42 Å². The summed E-state index contributed by atoms with van der Waals surface area (Å²) in [7, 11) is 3.89. The van der Waals surface area contributed by atoms with Crippen LogP contribution in [0.4, 0.5) is 0 Å². The van der Waals surface area contributed by atoms with Crippen LogP contribution >= 0.6 is 0 Å². The molecule has 0 aromatic heterocycles. The van der Waals surface area contributed by atoms with Gasteiger partial charge in [-0.25, -0.2) is 0 Å². The summed E-state index contributed by atoms with van der Waals surface area (Å²) in [4.78, 5) is 13.6. The van der Waals surface area contributed by atoms with Crippen molar-refractivity contribution in [3.8, 4) is 0 Å². The molecule has 68 valence electrons. The maximum Gasteiger partial charge on any atom is 0.187 e. The van der Waals surface area contributed by atoms with E-state index in [1.807, 2.05) is 37.3 Å². The molecule has 0 heterocycles. The molecule has 1 saturated carbocycles. The zero-order valence-corrected chi connectivity index (χ0v) is 7.95. The van der Waals surface area contributed by atoms with E-state index in [-0.39, 0.29) is 5.78 Å². The van der Waals surface area contributed by atoms with E-state index >= 15 is 0 Å². The average Bonchev–Trinajstić information content (AvgIpc) is 2.56. The normalized spacial score (nSPS) is 28.2. The van der Waals surface area contributed by atoms with Gasteiger partial charge in [0, 0.05) is 37.4 Å². The van der Waals surface area contributed by atoms with Crippen LogP contribution < -0.4 is 0 Å². The zero-order valence-electron chi connectivity index (χ0n) is 7.95. The maximum atomic E-state index is 11.7. The van der Waals surface area contributed by atoms with Gasteiger partial charge in [-0.15, -0.1) is 0 Å². The lowest BCUT2D eigenvalue weighted by Gasteiger charge is -2.05. The van der Waals surface area contributed by atoms with Crippen LogP contribution in [-0.2, 0) is 4.79 Å². The maximum absolute atomic E-state index is 11.7. The molecule has 0 saturated heterocycles. The number of ketones is 1. The standard InChI is InChI=1S/C11H13NO/c1-12(2)7-9-6-8-4-3-5-10(8)11(9)13/h3-5,7-8H,6H2,1-2H3/b9-7-/t8-/m0/s1. The highest BCUT2D eigenvalue weighted by molar-refractivity contribution is 6.12. The fourth-order valence-electron chi connectivity index (χ4n) is 1.88. The van der Waals surface area contributed by atoms with Gasteiger partial charge >= 0.3 is 0 Å². The van der Waals surface area contributed by atoms with Crippen LogP contribution in [0.15, 0.2) is 35.6 Å². The summed E-state index contributed by atoms with van der Waals surface area (Å²) in [6.07, 6.45) is 8.81. The second kappa shape index (κ2) is 2.87. The molecule has 0 N–H and O–H groups in total. The van der Waals surface area contributed by atoms with Crippen LogP contribution in [0.2, 0.25) is 0 Å². The van der Waals surface area contributed by atoms with Gasteiger partial charge in [-0.3, -0.25) is 4.79 Å². The molecule has 0 aliphatic heterocycles. The van der Waals surface area contributed by atoms with Gasteiger partial charge in [0.15, 0.2) is 5.78 Å². The Morgan fingerprint density at radius 1 is 1.54 bits per heavy atom. The van der Waals surface area contributed by atoms with Crippen molar-refractivity contribution in [2.45, 2.75) is 6.42 Å². The first kappa shape index (κ1) is 8.30. The lowest BCUT2D eigenvalue weighted by Crippen LogP contribution is -2.05. The molecule has 0 radical (unpaired) electrons. The van der Waals surface area contributed by atoms with Gasteiger partial charge in [-0.2, -0.15) is 0 Å². The number of allylic oxidation sites excluding steroid dienone is 5. The van der Waals surface area contributed by atoms with Gasteiger partial charge in [0.1, 0.15) is 0 Å². The van der Waals surface area contributed by atoms with Crippen molar-refractivity contribution in [2.75, 3.05) is 14.1 Å². The number of fused-ring (bicyclic) bond motifs is 1. The smallest absolute Gasteiger partial charge is 0.187 e. The number of hydrogen-bond acceptors (Lipinski definition) is 2. The number of carbonyl (C=O) groups excluding carboxylic acids is 1. The first-order valence-electron chi connectivity index (χ1n) is 4.48. The molecule has 2 nitrogen and oxygen atoms in total. The average molecular weight is 175 g/mol. The van der Waals surface area contributed by atoms with E-state index in [4.69, 9.17) is 0 Å². The summed E-state index contributed by atoms with van der Waals surface area (Å²) in [6, 6.07) is 0. The molecule has 2 rings (SSSR count). The Morgan fingerprint density at radius 3 is 2.92 bits per heavy atom. The Morgan fingerprint density at radius 2 is 2.31 bits per heavy atom. The van der Waals surface area contributed by atoms with Crippen molar-refractivity contribution in [1.29, 1.82) is 0 Å². The fourth-order valence-corrected chi connectivity index (χ4v) is 1.88. The van der Waals surface area contributed by atoms with Crippen molar-refractivity contribution < 1.29 is 4.79 Å². The van der Waals surface area contributed by atoms with Crippen molar-refractivity contribution in [3.05, 3.63) is 35.6 Å². The number of Topliss-reactive ketones (excluding diaryl/α,β-unsaturated/α-hetero) is 1. The Labute approximate surface area is 78.2 Å². The minimum Gasteiger partial charge on any atom is -0.383 e. The van der Waals surface area contributed by atoms with E-state index in [0.717, 1.165) is 17.6 Å². The first-order chi connectivity index (χ1) is 6.18. The molecular weight excluding hydrogens is 162 g/mol. The molecule has 2 aliphatic rings. The molecule has 0 unspecified atom stereocenters. The molecule has 0 aromatic carbocycles. The SMILES string of the molecule is CN(C)/C=C1/C[C@@H]2C=CC=C2C1=O. The monoisotopic (exact) mass is 175 g/mol. The van der Waals surface area contributed by atoms with E-state index < -0.39 is 0 Å². The fraction of sp³-hybridized carbons (Fsp3) is 0.364. The van der Waals surface area contributed by atoms with E-state index in [1.165, 1.54) is 0 Å². The van der Waals surface area contributed by atoms with Gasteiger partial charge in [0.25, 0.3) is 0 Å². The van der Waals surface area contributed by atoms with Crippen molar-refractivity contribution in [2.24, 2.45) is 5.92 Å². The molecule has 13 heavy (non-hydrogen) atoms. The van der Waals surface area contributed by atoms with Crippen LogP contribution in [0.5, 0.6) is 0 Å². The third-order valence-electron chi connectivity index (χ3n) is 2.43. The zero-order chi connectivity index (χ0) is 9.42. The van der Waals surface area contributed by atoms with Gasteiger partial charge in [0.05, 0.1) is 0 Å². The molecule has 0 aromatic rings. The predicted molar refractivity (Wildman–Crippen MR) is 52.1 cm³/mol.